The molecule has 0 saturated heterocycles. The zero-order valence-corrected chi connectivity index (χ0v) is 10.0. The quantitative estimate of drug-likeness (QED) is 0.559. The first kappa shape index (κ1) is 16.7. The lowest BCUT2D eigenvalue weighted by Gasteiger charge is -2.02. The van der Waals surface area contributed by atoms with Crippen molar-refractivity contribution in [2.75, 3.05) is 6.54 Å². The minimum atomic E-state index is 0. The Balaban J connectivity index is 0. The van der Waals surface area contributed by atoms with Crippen LogP contribution in [0.2, 0.25) is 0 Å². The summed E-state index contributed by atoms with van der Waals surface area (Å²) in [5.74, 6) is 0.199. The highest BCUT2D eigenvalue weighted by Crippen LogP contribution is 2.05. The maximum Gasteiger partial charge on any atom is 0.0950 e. The van der Waals surface area contributed by atoms with Gasteiger partial charge in [-0.3, -0.25) is 5.41 Å². The minimum absolute atomic E-state index is 0. The van der Waals surface area contributed by atoms with Crippen LogP contribution >= 0.6 is 24.8 Å². The van der Waals surface area contributed by atoms with Crippen LogP contribution < -0.4 is 11.5 Å². The van der Waals surface area contributed by atoms with E-state index in [4.69, 9.17) is 16.9 Å². The Morgan fingerprint density at radius 2 is 1.80 bits per heavy atom. The van der Waals surface area contributed by atoms with Crippen molar-refractivity contribution < 1.29 is 0 Å². The summed E-state index contributed by atoms with van der Waals surface area (Å²) in [5.41, 5.74) is 13.0. The number of amidine groups is 1. The first-order chi connectivity index (χ1) is 6.22. The Labute approximate surface area is 103 Å². The number of halogens is 2. The van der Waals surface area contributed by atoms with Crippen molar-refractivity contribution >= 4 is 30.6 Å². The Kier molecular flexibility index (Phi) is 9.47. The van der Waals surface area contributed by atoms with E-state index in [1.165, 1.54) is 5.56 Å². The number of benzene rings is 1. The Morgan fingerprint density at radius 1 is 1.20 bits per heavy atom. The molecule has 0 atom stereocenters. The van der Waals surface area contributed by atoms with Gasteiger partial charge in [0.15, 0.2) is 0 Å². The van der Waals surface area contributed by atoms with Crippen molar-refractivity contribution in [3.8, 4) is 0 Å². The van der Waals surface area contributed by atoms with Crippen LogP contribution in [0.1, 0.15) is 11.1 Å². The van der Waals surface area contributed by atoms with E-state index in [0.29, 0.717) is 13.0 Å². The van der Waals surface area contributed by atoms with Crippen molar-refractivity contribution in [1.29, 1.82) is 5.41 Å². The maximum absolute atomic E-state index is 7.16. The number of hydrogen-bond donors (Lipinski definition) is 3. The topological polar surface area (TPSA) is 75.9 Å². The van der Waals surface area contributed by atoms with Gasteiger partial charge in [0.1, 0.15) is 0 Å². The molecule has 0 saturated carbocycles. The summed E-state index contributed by atoms with van der Waals surface area (Å²) in [4.78, 5) is 0. The van der Waals surface area contributed by atoms with Gasteiger partial charge in [-0.1, -0.05) is 24.3 Å². The summed E-state index contributed by atoms with van der Waals surface area (Å²) in [5, 5.41) is 7.16. The van der Waals surface area contributed by atoms with Crippen LogP contribution in [-0.2, 0) is 12.8 Å². The first-order valence-electron chi connectivity index (χ1n) is 4.33. The number of hydrogen-bond acceptors (Lipinski definition) is 2. The van der Waals surface area contributed by atoms with E-state index in [2.05, 4.69) is 0 Å². The second kappa shape index (κ2) is 8.53. The van der Waals surface area contributed by atoms with Gasteiger partial charge in [-0.05, 0) is 24.1 Å². The highest BCUT2D eigenvalue weighted by atomic mass is 35.5. The third-order valence-corrected chi connectivity index (χ3v) is 1.82. The zero-order chi connectivity index (χ0) is 9.68. The standard InChI is InChI=1S/C10H15N3.2ClH/c11-5-4-8-2-1-3-9(6-8)7-10(12)13;;/h1-3,6H,4-5,7,11H2,(H3,12,13);2*1H. The summed E-state index contributed by atoms with van der Waals surface area (Å²) in [6.07, 6.45) is 1.41. The van der Waals surface area contributed by atoms with Crippen molar-refractivity contribution in [2.24, 2.45) is 11.5 Å². The molecule has 1 aromatic rings. The van der Waals surface area contributed by atoms with Crippen LogP contribution in [0.5, 0.6) is 0 Å². The van der Waals surface area contributed by atoms with Gasteiger partial charge >= 0.3 is 0 Å². The third-order valence-electron chi connectivity index (χ3n) is 1.82. The average molecular weight is 250 g/mol. The fourth-order valence-electron chi connectivity index (χ4n) is 1.28. The van der Waals surface area contributed by atoms with E-state index in [9.17, 15) is 0 Å². The molecule has 15 heavy (non-hydrogen) atoms. The van der Waals surface area contributed by atoms with Gasteiger partial charge in [0.2, 0.25) is 0 Å². The van der Waals surface area contributed by atoms with E-state index in [0.717, 1.165) is 12.0 Å². The van der Waals surface area contributed by atoms with E-state index in [1.54, 1.807) is 0 Å². The van der Waals surface area contributed by atoms with Gasteiger partial charge in [-0.15, -0.1) is 24.8 Å². The second-order valence-corrected chi connectivity index (χ2v) is 3.06. The molecule has 0 fully saturated rings. The van der Waals surface area contributed by atoms with Gasteiger partial charge < -0.3 is 11.5 Å². The zero-order valence-electron chi connectivity index (χ0n) is 8.40. The van der Waals surface area contributed by atoms with Gasteiger partial charge in [-0.25, -0.2) is 0 Å². The molecule has 0 aromatic heterocycles. The number of rotatable bonds is 4. The molecule has 0 heterocycles. The summed E-state index contributed by atoms with van der Waals surface area (Å²) in [6.45, 7) is 0.656. The molecule has 0 bridgehead atoms. The lowest BCUT2D eigenvalue weighted by atomic mass is 10.1. The summed E-state index contributed by atoms with van der Waals surface area (Å²) < 4.78 is 0. The first-order valence-corrected chi connectivity index (χ1v) is 4.33. The molecule has 0 aliphatic carbocycles. The average Bonchev–Trinajstić information content (AvgIpc) is 2.04. The number of nitrogens with one attached hydrogen (secondary N) is 1. The van der Waals surface area contributed by atoms with Crippen LogP contribution in [0.4, 0.5) is 0 Å². The summed E-state index contributed by atoms with van der Waals surface area (Å²) >= 11 is 0. The Bertz CT molecular complexity index is 302. The van der Waals surface area contributed by atoms with Gasteiger partial charge in [0.25, 0.3) is 0 Å². The maximum atomic E-state index is 7.16. The highest BCUT2D eigenvalue weighted by Gasteiger charge is 1.96. The predicted molar refractivity (Wildman–Crippen MR) is 69.3 cm³/mol. The molecule has 3 nitrogen and oxygen atoms in total. The van der Waals surface area contributed by atoms with E-state index < -0.39 is 0 Å². The fourth-order valence-corrected chi connectivity index (χ4v) is 1.28. The normalized spacial score (nSPS) is 8.60. The monoisotopic (exact) mass is 249 g/mol. The molecule has 0 aliphatic heterocycles. The molecule has 0 spiro atoms. The van der Waals surface area contributed by atoms with E-state index >= 15 is 0 Å². The molecular formula is C10H17Cl2N3. The van der Waals surface area contributed by atoms with Crippen molar-refractivity contribution in [1.82, 2.24) is 0 Å². The Morgan fingerprint density at radius 3 is 2.33 bits per heavy atom. The van der Waals surface area contributed by atoms with Crippen LogP contribution in [0.25, 0.3) is 0 Å². The molecular weight excluding hydrogens is 233 g/mol. The van der Waals surface area contributed by atoms with Crippen molar-refractivity contribution in [2.45, 2.75) is 12.8 Å². The predicted octanol–water partition coefficient (Wildman–Crippen LogP) is 1.51. The molecule has 1 rings (SSSR count). The van der Waals surface area contributed by atoms with E-state index in [-0.39, 0.29) is 30.6 Å². The summed E-state index contributed by atoms with van der Waals surface area (Å²) in [7, 11) is 0. The van der Waals surface area contributed by atoms with Crippen LogP contribution in [0.15, 0.2) is 24.3 Å². The lowest BCUT2D eigenvalue weighted by Crippen LogP contribution is -2.13. The lowest BCUT2D eigenvalue weighted by molar-refractivity contribution is 0.965. The van der Waals surface area contributed by atoms with Gasteiger partial charge in [-0.2, -0.15) is 0 Å². The minimum Gasteiger partial charge on any atom is -0.387 e. The highest BCUT2D eigenvalue weighted by molar-refractivity contribution is 5.85. The van der Waals surface area contributed by atoms with Gasteiger partial charge in [0.05, 0.1) is 5.84 Å². The van der Waals surface area contributed by atoms with E-state index in [1.807, 2.05) is 24.3 Å². The smallest absolute Gasteiger partial charge is 0.0950 e. The van der Waals surface area contributed by atoms with Crippen LogP contribution in [0.3, 0.4) is 0 Å². The SMILES string of the molecule is Cl.Cl.N=C(N)Cc1cccc(CCN)c1. The van der Waals surface area contributed by atoms with Crippen molar-refractivity contribution in [3.63, 3.8) is 0 Å². The summed E-state index contributed by atoms with van der Waals surface area (Å²) in [6, 6.07) is 8.04. The molecule has 5 heteroatoms. The van der Waals surface area contributed by atoms with Crippen molar-refractivity contribution in [3.05, 3.63) is 35.4 Å². The molecule has 86 valence electrons. The molecule has 0 radical (unpaired) electrons. The largest absolute Gasteiger partial charge is 0.387 e. The second-order valence-electron chi connectivity index (χ2n) is 3.06. The van der Waals surface area contributed by atoms with Gasteiger partial charge in [0, 0.05) is 6.42 Å². The molecule has 5 N–H and O–H groups in total. The number of nitrogens with two attached hydrogens (primary N) is 2. The fraction of sp³-hybridized carbons (Fsp3) is 0.300. The Hall–Kier alpha value is -0.770. The molecule has 0 aliphatic rings. The molecule has 0 amide bonds. The van der Waals surface area contributed by atoms with Crippen LogP contribution in [-0.4, -0.2) is 12.4 Å². The third kappa shape index (κ3) is 6.33. The molecule has 0 unspecified atom stereocenters. The van der Waals surface area contributed by atoms with Crippen LogP contribution in [0, 0.1) is 5.41 Å². The molecule has 1 aromatic carbocycles.